The number of benzene rings is 2. The highest BCUT2D eigenvalue weighted by Gasteiger charge is 2.25. The predicted octanol–water partition coefficient (Wildman–Crippen LogP) is 4.76. The minimum Gasteiger partial charge on any atom is -0.495 e. The fourth-order valence-electron chi connectivity index (χ4n) is 2.62. The maximum atomic E-state index is 12.6. The quantitative estimate of drug-likeness (QED) is 0.562. The van der Waals surface area contributed by atoms with E-state index in [1.165, 1.54) is 13.2 Å². The highest BCUT2D eigenvalue weighted by atomic mass is 35.5. The number of amides is 1. The van der Waals surface area contributed by atoms with Crippen molar-refractivity contribution in [2.24, 2.45) is 0 Å². The van der Waals surface area contributed by atoms with Gasteiger partial charge in [0.1, 0.15) is 22.8 Å². The van der Waals surface area contributed by atoms with Crippen LogP contribution in [0, 0.1) is 6.92 Å². The van der Waals surface area contributed by atoms with E-state index >= 15 is 0 Å². The lowest BCUT2D eigenvalue weighted by Crippen LogP contribution is -2.21. The summed E-state index contributed by atoms with van der Waals surface area (Å²) in [5.41, 5.74) is 1.23. The van der Waals surface area contributed by atoms with Gasteiger partial charge in [-0.25, -0.2) is 4.79 Å². The maximum absolute atomic E-state index is 12.6. The number of ether oxygens (including phenoxy) is 2. The monoisotopic (exact) mass is 434 g/mol. The van der Waals surface area contributed by atoms with Crippen LogP contribution in [0.3, 0.4) is 0 Å². The molecule has 2 aromatic carbocycles. The van der Waals surface area contributed by atoms with E-state index in [1.54, 1.807) is 43.3 Å². The van der Waals surface area contributed by atoms with Crippen LogP contribution < -0.4 is 10.1 Å². The van der Waals surface area contributed by atoms with Gasteiger partial charge in [-0.3, -0.25) is 4.79 Å². The fourth-order valence-corrected chi connectivity index (χ4v) is 3.01. The van der Waals surface area contributed by atoms with Crippen LogP contribution in [-0.2, 0) is 9.53 Å². The van der Waals surface area contributed by atoms with Gasteiger partial charge in [-0.2, -0.15) is 0 Å². The molecule has 0 aliphatic rings. The normalized spacial score (nSPS) is 10.5. The molecule has 0 fully saturated rings. The van der Waals surface area contributed by atoms with Gasteiger partial charge in [0.05, 0.1) is 17.8 Å². The van der Waals surface area contributed by atoms with Crippen LogP contribution in [-0.4, -0.2) is 30.7 Å². The van der Waals surface area contributed by atoms with E-state index in [9.17, 15) is 9.59 Å². The van der Waals surface area contributed by atoms with E-state index in [0.717, 1.165) is 0 Å². The first kappa shape index (κ1) is 20.7. The molecule has 0 unspecified atom stereocenters. The third kappa shape index (κ3) is 4.70. The Morgan fingerprint density at radius 2 is 1.93 bits per heavy atom. The van der Waals surface area contributed by atoms with Crippen molar-refractivity contribution in [3.63, 3.8) is 0 Å². The molecule has 1 N–H and O–H groups in total. The van der Waals surface area contributed by atoms with Gasteiger partial charge in [0.25, 0.3) is 5.91 Å². The molecule has 1 aromatic heterocycles. The molecule has 3 rings (SSSR count). The Balaban J connectivity index is 1.72. The zero-order valence-electron chi connectivity index (χ0n) is 15.5. The average molecular weight is 435 g/mol. The van der Waals surface area contributed by atoms with Crippen LogP contribution in [0.1, 0.15) is 16.1 Å². The molecule has 0 aliphatic carbocycles. The van der Waals surface area contributed by atoms with Gasteiger partial charge >= 0.3 is 5.97 Å². The summed E-state index contributed by atoms with van der Waals surface area (Å²) in [7, 11) is 1.46. The molecule has 0 spiro atoms. The Kier molecular flexibility index (Phi) is 6.41. The fraction of sp³-hybridized carbons (Fsp3) is 0.150. The van der Waals surface area contributed by atoms with E-state index in [-0.39, 0.29) is 17.0 Å². The van der Waals surface area contributed by atoms with Crippen molar-refractivity contribution in [3.8, 4) is 17.0 Å². The molecule has 0 aliphatic heterocycles. The van der Waals surface area contributed by atoms with Crippen molar-refractivity contribution in [2.45, 2.75) is 6.92 Å². The molecule has 0 atom stereocenters. The third-order valence-electron chi connectivity index (χ3n) is 3.97. The summed E-state index contributed by atoms with van der Waals surface area (Å²) in [6.07, 6.45) is 0. The van der Waals surface area contributed by atoms with Gasteiger partial charge in [-0.05, 0) is 31.2 Å². The molecule has 0 saturated heterocycles. The van der Waals surface area contributed by atoms with Gasteiger partial charge in [0, 0.05) is 10.6 Å². The largest absolute Gasteiger partial charge is 0.495 e. The Hall–Kier alpha value is -3.03. The number of methoxy groups -OCH3 is 1. The van der Waals surface area contributed by atoms with Crippen LogP contribution in [0.4, 0.5) is 5.69 Å². The Labute approximate surface area is 176 Å². The summed E-state index contributed by atoms with van der Waals surface area (Å²) >= 11 is 12.1. The maximum Gasteiger partial charge on any atom is 0.344 e. The van der Waals surface area contributed by atoms with Gasteiger partial charge in [0.2, 0.25) is 0 Å². The lowest BCUT2D eigenvalue weighted by molar-refractivity contribution is -0.119. The Morgan fingerprint density at radius 1 is 1.17 bits per heavy atom. The number of esters is 1. The second-order valence-corrected chi connectivity index (χ2v) is 6.75. The molecule has 0 saturated carbocycles. The zero-order valence-corrected chi connectivity index (χ0v) is 17.0. The number of halogens is 2. The number of aryl methyl sites for hydroxylation is 1. The van der Waals surface area contributed by atoms with Gasteiger partial charge in [-0.1, -0.05) is 46.6 Å². The molecule has 9 heteroatoms. The lowest BCUT2D eigenvalue weighted by atomic mass is 10.1. The summed E-state index contributed by atoms with van der Waals surface area (Å²) in [5, 5.41) is 7.31. The van der Waals surface area contributed by atoms with Crippen molar-refractivity contribution in [3.05, 3.63) is 63.8 Å². The third-order valence-corrected chi connectivity index (χ3v) is 4.53. The summed E-state index contributed by atoms with van der Waals surface area (Å²) < 4.78 is 15.4. The van der Waals surface area contributed by atoms with Crippen LogP contribution in [0.15, 0.2) is 47.0 Å². The van der Waals surface area contributed by atoms with Crippen molar-refractivity contribution < 1.29 is 23.6 Å². The van der Waals surface area contributed by atoms with E-state index in [1.807, 2.05) is 0 Å². The zero-order chi connectivity index (χ0) is 21.0. The molecule has 7 nitrogen and oxygen atoms in total. The Bertz CT molecular complexity index is 1060. The summed E-state index contributed by atoms with van der Waals surface area (Å²) in [5.74, 6) is -0.647. The number of rotatable bonds is 6. The van der Waals surface area contributed by atoms with E-state index < -0.39 is 18.5 Å². The number of nitrogens with one attached hydrogen (secondary N) is 1. The molecule has 1 heterocycles. The predicted molar refractivity (Wildman–Crippen MR) is 109 cm³/mol. The SMILES string of the molecule is COc1ccc(Cl)cc1NC(=O)COC(=O)c1c(-c2ccccc2Cl)noc1C. The smallest absolute Gasteiger partial charge is 0.344 e. The standard InChI is InChI=1S/C20H16Cl2N2O5/c1-11-18(19(24-29-11)13-5-3-4-6-14(13)22)20(26)28-10-17(25)23-15-9-12(21)7-8-16(15)27-2/h3-9H,10H2,1-2H3,(H,23,25). The van der Waals surface area contributed by atoms with Crippen LogP contribution in [0.2, 0.25) is 10.0 Å². The van der Waals surface area contributed by atoms with E-state index in [0.29, 0.717) is 27.0 Å². The van der Waals surface area contributed by atoms with Crippen molar-refractivity contribution in [1.82, 2.24) is 5.16 Å². The second kappa shape index (κ2) is 8.98. The van der Waals surface area contributed by atoms with E-state index in [2.05, 4.69) is 10.5 Å². The first-order valence-corrected chi connectivity index (χ1v) is 9.18. The number of hydrogen-bond donors (Lipinski definition) is 1. The van der Waals surface area contributed by atoms with Crippen LogP contribution in [0.25, 0.3) is 11.3 Å². The summed E-state index contributed by atoms with van der Waals surface area (Å²) in [4.78, 5) is 24.8. The molecule has 3 aromatic rings. The second-order valence-electron chi connectivity index (χ2n) is 5.91. The highest BCUT2D eigenvalue weighted by Crippen LogP contribution is 2.31. The minimum atomic E-state index is -0.758. The van der Waals surface area contributed by atoms with Crippen LogP contribution >= 0.6 is 23.2 Å². The van der Waals surface area contributed by atoms with Crippen molar-refractivity contribution in [2.75, 3.05) is 19.0 Å². The molecular weight excluding hydrogens is 419 g/mol. The van der Waals surface area contributed by atoms with Gasteiger partial charge < -0.3 is 19.3 Å². The van der Waals surface area contributed by atoms with E-state index in [4.69, 9.17) is 37.2 Å². The molecule has 1 amide bonds. The first-order chi connectivity index (χ1) is 13.9. The molecule has 29 heavy (non-hydrogen) atoms. The number of carbonyl (C=O) groups excluding carboxylic acids is 2. The summed E-state index contributed by atoms with van der Waals surface area (Å²) in [6.45, 7) is 1.04. The molecule has 0 radical (unpaired) electrons. The van der Waals surface area contributed by atoms with Gasteiger partial charge in [0.15, 0.2) is 6.61 Å². The number of nitrogens with zero attached hydrogens (tertiary/aromatic N) is 1. The van der Waals surface area contributed by atoms with Gasteiger partial charge in [-0.15, -0.1) is 0 Å². The topological polar surface area (TPSA) is 90.7 Å². The lowest BCUT2D eigenvalue weighted by Gasteiger charge is -2.11. The highest BCUT2D eigenvalue weighted by molar-refractivity contribution is 6.33. The first-order valence-electron chi connectivity index (χ1n) is 8.42. The number of carbonyl (C=O) groups is 2. The van der Waals surface area contributed by atoms with Crippen LogP contribution in [0.5, 0.6) is 5.75 Å². The number of anilines is 1. The minimum absolute atomic E-state index is 0.103. The molecule has 0 bridgehead atoms. The molecular formula is C20H16Cl2N2O5. The number of aromatic nitrogens is 1. The van der Waals surface area contributed by atoms with Crippen molar-refractivity contribution in [1.29, 1.82) is 0 Å². The molecule has 150 valence electrons. The Morgan fingerprint density at radius 3 is 2.66 bits per heavy atom. The average Bonchev–Trinajstić information content (AvgIpc) is 3.08. The van der Waals surface area contributed by atoms with Crippen molar-refractivity contribution >= 4 is 40.8 Å². The summed E-state index contributed by atoms with van der Waals surface area (Å²) in [6, 6.07) is 11.6. The number of hydrogen-bond acceptors (Lipinski definition) is 6.